The van der Waals surface area contributed by atoms with Crippen molar-refractivity contribution in [1.29, 1.82) is 0 Å². The zero-order valence-corrected chi connectivity index (χ0v) is 16.3. The van der Waals surface area contributed by atoms with Crippen LogP contribution in [0.1, 0.15) is 35.8 Å². The van der Waals surface area contributed by atoms with Crippen molar-refractivity contribution in [2.24, 2.45) is 11.7 Å². The highest BCUT2D eigenvalue weighted by Gasteiger charge is 2.65. The van der Waals surface area contributed by atoms with Crippen LogP contribution >= 0.6 is 0 Å². The van der Waals surface area contributed by atoms with Gasteiger partial charge in [-0.25, -0.2) is 8.78 Å². The molecule has 0 bridgehead atoms. The molecule has 1 fully saturated rings. The van der Waals surface area contributed by atoms with Gasteiger partial charge in [-0.05, 0) is 36.8 Å². The molecule has 0 spiro atoms. The molecule has 0 radical (unpaired) electrons. The zero-order valence-electron chi connectivity index (χ0n) is 16.3. The maximum atomic E-state index is 13.8. The molecule has 11 heteroatoms. The van der Waals surface area contributed by atoms with Gasteiger partial charge < -0.3 is 15.8 Å². The first-order valence-corrected chi connectivity index (χ1v) is 9.11. The van der Waals surface area contributed by atoms with E-state index in [0.717, 1.165) is 31.2 Å². The number of nitrogens with one attached hydrogen (secondary N) is 1. The fraction of sp³-hybridized carbons (Fsp3) is 0.350. The van der Waals surface area contributed by atoms with E-state index in [2.05, 4.69) is 10.3 Å². The molecule has 3 N–H and O–H groups in total. The lowest BCUT2D eigenvalue weighted by Crippen LogP contribution is -2.47. The van der Waals surface area contributed by atoms with E-state index in [1.807, 2.05) is 0 Å². The predicted molar refractivity (Wildman–Crippen MR) is 99.0 cm³/mol. The van der Waals surface area contributed by atoms with Crippen molar-refractivity contribution < 1.29 is 36.3 Å². The SMILES string of the molecule is C[C@@H]1[C@@H](c2ccc(F)c(F)c2)[C@H](C(=O)Nc2ccnc(C(N)=O)c2)O[C@@]1(C)C(F)(F)F. The van der Waals surface area contributed by atoms with E-state index in [9.17, 15) is 31.5 Å². The van der Waals surface area contributed by atoms with Crippen LogP contribution in [0.3, 0.4) is 0 Å². The standard InChI is InChI=1S/C20H18F5N3O3/c1-9-15(10-3-4-12(21)13(22)7-10)16(31-19(9,2)20(23,24)25)18(30)28-11-5-6-27-14(8-11)17(26)29/h3-9,15-16H,1-2H3,(H2,26,29)(H,27,28,30)/t9-,15+,16-,19-/m1/s1. The average molecular weight is 443 g/mol. The molecule has 2 aromatic rings. The van der Waals surface area contributed by atoms with Crippen LogP contribution < -0.4 is 11.1 Å². The molecule has 0 unspecified atom stereocenters. The van der Waals surface area contributed by atoms with Gasteiger partial charge in [-0.3, -0.25) is 14.6 Å². The summed E-state index contributed by atoms with van der Waals surface area (Å²) < 4.78 is 73.7. The minimum Gasteiger partial charge on any atom is -0.364 e. The monoisotopic (exact) mass is 443 g/mol. The van der Waals surface area contributed by atoms with Crippen molar-refractivity contribution >= 4 is 17.5 Å². The maximum Gasteiger partial charge on any atom is 0.417 e. The number of ether oxygens (including phenoxy) is 1. The number of primary amides is 1. The summed E-state index contributed by atoms with van der Waals surface area (Å²) in [5.41, 5.74) is 2.27. The molecular weight excluding hydrogens is 425 g/mol. The van der Waals surface area contributed by atoms with Gasteiger partial charge in [0.2, 0.25) is 0 Å². The van der Waals surface area contributed by atoms with Gasteiger partial charge in [0.05, 0.1) is 0 Å². The van der Waals surface area contributed by atoms with E-state index < -0.39 is 53.2 Å². The van der Waals surface area contributed by atoms with Gasteiger partial charge in [-0.1, -0.05) is 13.0 Å². The number of benzene rings is 1. The number of alkyl halides is 3. The summed E-state index contributed by atoms with van der Waals surface area (Å²) in [6, 6.07) is 5.09. The molecule has 1 aromatic carbocycles. The molecule has 0 aliphatic carbocycles. The first-order valence-electron chi connectivity index (χ1n) is 9.11. The number of aromatic nitrogens is 1. The summed E-state index contributed by atoms with van der Waals surface area (Å²) in [6.07, 6.45) is -5.34. The van der Waals surface area contributed by atoms with Gasteiger partial charge in [-0.2, -0.15) is 13.2 Å². The molecule has 2 amide bonds. The van der Waals surface area contributed by atoms with Gasteiger partial charge in [0, 0.05) is 23.7 Å². The van der Waals surface area contributed by atoms with Crippen molar-refractivity contribution in [2.45, 2.75) is 37.6 Å². The molecule has 1 aromatic heterocycles. The second-order valence-electron chi connectivity index (χ2n) is 7.41. The van der Waals surface area contributed by atoms with E-state index in [1.165, 1.54) is 19.2 Å². The first kappa shape index (κ1) is 22.6. The predicted octanol–water partition coefficient (Wildman–Crippen LogP) is 3.54. The lowest BCUT2D eigenvalue weighted by atomic mass is 9.77. The van der Waals surface area contributed by atoms with E-state index >= 15 is 0 Å². The first-order chi connectivity index (χ1) is 14.3. The lowest BCUT2D eigenvalue weighted by Gasteiger charge is -2.31. The molecular formula is C20H18F5N3O3. The molecule has 2 heterocycles. The Morgan fingerprint density at radius 2 is 1.84 bits per heavy atom. The molecule has 31 heavy (non-hydrogen) atoms. The highest BCUT2D eigenvalue weighted by molar-refractivity contribution is 5.97. The Bertz CT molecular complexity index is 1030. The minimum atomic E-state index is -4.84. The Hall–Kier alpha value is -3.08. The van der Waals surface area contributed by atoms with E-state index in [4.69, 9.17) is 10.5 Å². The topological polar surface area (TPSA) is 94.3 Å². The molecule has 3 rings (SSSR count). The van der Waals surface area contributed by atoms with Crippen molar-refractivity contribution in [3.8, 4) is 0 Å². The second-order valence-corrected chi connectivity index (χ2v) is 7.41. The number of halogens is 5. The summed E-state index contributed by atoms with van der Waals surface area (Å²) in [4.78, 5) is 27.9. The number of nitrogens with zero attached hydrogens (tertiary/aromatic N) is 1. The Balaban J connectivity index is 2.00. The largest absolute Gasteiger partial charge is 0.417 e. The molecule has 1 aliphatic rings. The van der Waals surface area contributed by atoms with Crippen LogP contribution in [0, 0.1) is 17.6 Å². The number of rotatable bonds is 4. The third kappa shape index (κ3) is 4.09. The van der Waals surface area contributed by atoms with Crippen LogP contribution in [0.5, 0.6) is 0 Å². The summed E-state index contributed by atoms with van der Waals surface area (Å²) in [6.45, 7) is 2.03. The summed E-state index contributed by atoms with van der Waals surface area (Å²) in [5.74, 6) is -6.82. The Morgan fingerprint density at radius 3 is 2.42 bits per heavy atom. The number of hydrogen-bond acceptors (Lipinski definition) is 4. The number of carbonyl (C=O) groups is 2. The number of pyridine rings is 1. The van der Waals surface area contributed by atoms with Crippen molar-refractivity contribution in [3.05, 3.63) is 59.4 Å². The van der Waals surface area contributed by atoms with Crippen molar-refractivity contribution in [1.82, 2.24) is 4.98 Å². The summed E-state index contributed by atoms with van der Waals surface area (Å²) >= 11 is 0. The third-order valence-corrected chi connectivity index (χ3v) is 5.54. The Labute approximate surface area is 173 Å². The van der Waals surface area contributed by atoms with Crippen LogP contribution in [0.2, 0.25) is 0 Å². The number of nitrogens with two attached hydrogens (primary N) is 1. The maximum absolute atomic E-state index is 13.8. The highest BCUT2D eigenvalue weighted by atomic mass is 19.4. The zero-order chi connectivity index (χ0) is 23.1. The van der Waals surface area contributed by atoms with Crippen LogP contribution in [0.15, 0.2) is 36.5 Å². The fourth-order valence-corrected chi connectivity index (χ4v) is 3.63. The van der Waals surface area contributed by atoms with E-state index in [-0.39, 0.29) is 16.9 Å². The van der Waals surface area contributed by atoms with E-state index in [0.29, 0.717) is 0 Å². The van der Waals surface area contributed by atoms with Gasteiger partial charge in [0.15, 0.2) is 17.2 Å². The molecule has 166 valence electrons. The molecule has 6 nitrogen and oxygen atoms in total. The third-order valence-electron chi connectivity index (χ3n) is 5.54. The molecule has 1 saturated heterocycles. The quantitative estimate of drug-likeness (QED) is 0.707. The van der Waals surface area contributed by atoms with Gasteiger partial charge >= 0.3 is 6.18 Å². The normalized spacial score (nSPS) is 26.0. The van der Waals surface area contributed by atoms with Crippen LogP contribution in [-0.4, -0.2) is 34.7 Å². The Morgan fingerprint density at radius 1 is 1.16 bits per heavy atom. The number of anilines is 1. The highest BCUT2D eigenvalue weighted by Crippen LogP contribution is 2.53. The number of hydrogen-bond donors (Lipinski definition) is 2. The van der Waals surface area contributed by atoms with Crippen molar-refractivity contribution in [3.63, 3.8) is 0 Å². The van der Waals surface area contributed by atoms with E-state index in [1.54, 1.807) is 0 Å². The minimum absolute atomic E-state index is 0.0212. The lowest BCUT2D eigenvalue weighted by molar-refractivity contribution is -0.272. The summed E-state index contributed by atoms with van der Waals surface area (Å²) in [7, 11) is 0. The Kier molecular flexibility index (Phi) is 5.74. The number of amides is 2. The molecule has 4 atom stereocenters. The van der Waals surface area contributed by atoms with Crippen LogP contribution in [-0.2, 0) is 9.53 Å². The number of carbonyl (C=O) groups excluding carboxylic acids is 2. The molecule has 1 aliphatic heterocycles. The smallest absolute Gasteiger partial charge is 0.364 e. The second kappa shape index (κ2) is 7.88. The fourth-order valence-electron chi connectivity index (χ4n) is 3.63. The van der Waals surface area contributed by atoms with Gasteiger partial charge in [-0.15, -0.1) is 0 Å². The van der Waals surface area contributed by atoms with Crippen LogP contribution in [0.4, 0.5) is 27.6 Å². The van der Waals surface area contributed by atoms with Gasteiger partial charge in [0.1, 0.15) is 11.8 Å². The molecule has 0 saturated carbocycles. The van der Waals surface area contributed by atoms with Crippen LogP contribution in [0.25, 0.3) is 0 Å². The average Bonchev–Trinajstić information content (AvgIpc) is 2.96. The van der Waals surface area contributed by atoms with Crippen molar-refractivity contribution in [2.75, 3.05) is 5.32 Å². The summed E-state index contributed by atoms with van der Waals surface area (Å²) in [5, 5.41) is 2.37. The van der Waals surface area contributed by atoms with Gasteiger partial charge in [0.25, 0.3) is 11.8 Å².